The predicted octanol–water partition coefficient (Wildman–Crippen LogP) is 3.58. The summed E-state index contributed by atoms with van der Waals surface area (Å²) in [5.74, 6) is 1.24. The molecule has 1 amide bonds. The number of nitrogens with zero attached hydrogens (tertiary/aromatic N) is 3. The minimum Gasteiger partial charge on any atom is -0.486 e. The van der Waals surface area contributed by atoms with Crippen molar-refractivity contribution in [2.45, 2.75) is 20.1 Å². The summed E-state index contributed by atoms with van der Waals surface area (Å²) in [5.41, 5.74) is 2.27. The third-order valence-corrected chi connectivity index (χ3v) is 5.63. The lowest BCUT2D eigenvalue weighted by Crippen LogP contribution is -2.48. The molecule has 1 fully saturated rings. The van der Waals surface area contributed by atoms with E-state index in [0.717, 1.165) is 36.1 Å². The van der Waals surface area contributed by atoms with E-state index in [2.05, 4.69) is 22.2 Å². The maximum atomic E-state index is 12.3. The van der Waals surface area contributed by atoms with Gasteiger partial charge in [0.05, 0.1) is 12.0 Å². The van der Waals surface area contributed by atoms with Gasteiger partial charge in [-0.3, -0.25) is 9.69 Å². The molecule has 0 N–H and O–H groups in total. The number of piperazine rings is 1. The van der Waals surface area contributed by atoms with E-state index >= 15 is 0 Å². The number of hydrogen-bond donors (Lipinski definition) is 0. The maximum Gasteiger partial charge on any atom is 0.289 e. The van der Waals surface area contributed by atoms with E-state index in [1.807, 2.05) is 29.2 Å². The highest BCUT2D eigenvalue weighted by molar-refractivity contribution is 7.09. The highest BCUT2D eigenvalue weighted by atomic mass is 32.1. The van der Waals surface area contributed by atoms with Crippen molar-refractivity contribution in [3.8, 4) is 5.75 Å². The standard InChI is InChI=1S/C21H23N3O3S/c1-16-4-6-18(7-5-16)27-14-20-22-17(15-28-20)13-23-8-10-24(11-9-23)21(25)19-3-2-12-26-19/h2-7,12,15H,8-11,13-14H2,1H3. The first kappa shape index (κ1) is 18.7. The average molecular weight is 398 g/mol. The molecule has 3 aromatic rings. The molecule has 7 heteroatoms. The summed E-state index contributed by atoms with van der Waals surface area (Å²) in [7, 11) is 0. The van der Waals surface area contributed by atoms with Crippen LogP contribution in [0.15, 0.2) is 52.5 Å². The van der Waals surface area contributed by atoms with Crippen LogP contribution in [-0.2, 0) is 13.2 Å². The third-order valence-electron chi connectivity index (χ3n) is 4.76. The number of aromatic nitrogens is 1. The fourth-order valence-corrected chi connectivity index (χ4v) is 3.86. The fourth-order valence-electron chi connectivity index (χ4n) is 3.16. The number of carbonyl (C=O) groups is 1. The number of furan rings is 1. The van der Waals surface area contributed by atoms with Crippen LogP contribution in [0.4, 0.5) is 0 Å². The molecule has 4 rings (SSSR count). The molecular formula is C21H23N3O3S. The molecule has 28 heavy (non-hydrogen) atoms. The van der Waals surface area contributed by atoms with Crippen molar-refractivity contribution < 1.29 is 13.9 Å². The highest BCUT2D eigenvalue weighted by Gasteiger charge is 2.24. The number of aryl methyl sites for hydroxylation is 1. The van der Waals surface area contributed by atoms with Gasteiger partial charge < -0.3 is 14.1 Å². The Bertz CT molecular complexity index is 897. The van der Waals surface area contributed by atoms with Gasteiger partial charge in [0.25, 0.3) is 5.91 Å². The summed E-state index contributed by atoms with van der Waals surface area (Å²) in [6.07, 6.45) is 1.53. The van der Waals surface area contributed by atoms with Crippen LogP contribution in [0.2, 0.25) is 0 Å². The molecule has 0 spiro atoms. The second-order valence-electron chi connectivity index (χ2n) is 6.88. The molecule has 0 bridgehead atoms. The van der Waals surface area contributed by atoms with Gasteiger partial charge in [-0.25, -0.2) is 4.98 Å². The molecule has 1 aromatic carbocycles. The van der Waals surface area contributed by atoms with Crippen LogP contribution >= 0.6 is 11.3 Å². The van der Waals surface area contributed by atoms with E-state index in [4.69, 9.17) is 9.15 Å². The molecule has 1 saturated heterocycles. The summed E-state index contributed by atoms with van der Waals surface area (Å²) in [5, 5.41) is 3.07. The molecular weight excluding hydrogens is 374 g/mol. The normalized spacial score (nSPS) is 15.0. The van der Waals surface area contributed by atoms with Crippen molar-refractivity contribution >= 4 is 17.2 Å². The first-order chi connectivity index (χ1) is 13.7. The number of carbonyl (C=O) groups excluding carboxylic acids is 1. The maximum absolute atomic E-state index is 12.3. The number of rotatable bonds is 6. The first-order valence-corrected chi connectivity index (χ1v) is 10.2. The zero-order chi connectivity index (χ0) is 19.3. The van der Waals surface area contributed by atoms with Crippen LogP contribution in [0, 0.1) is 6.92 Å². The topological polar surface area (TPSA) is 58.8 Å². The van der Waals surface area contributed by atoms with Crippen LogP contribution in [0.1, 0.15) is 26.8 Å². The van der Waals surface area contributed by atoms with Gasteiger partial charge in [0.15, 0.2) is 5.76 Å². The molecule has 0 unspecified atom stereocenters. The Morgan fingerprint density at radius 2 is 1.96 bits per heavy atom. The Labute approximate surface area is 168 Å². The van der Waals surface area contributed by atoms with E-state index in [1.54, 1.807) is 23.5 Å². The van der Waals surface area contributed by atoms with Crippen LogP contribution in [0.25, 0.3) is 0 Å². The number of thiazole rings is 1. The number of ether oxygens (including phenoxy) is 1. The number of benzene rings is 1. The Morgan fingerprint density at radius 1 is 1.18 bits per heavy atom. The lowest BCUT2D eigenvalue weighted by Gasteiger charge is -2.33. The van der Waals surface area contributed by atoms with Crippen molar-refractivity contribution in [1.82, 2.24) is 14.8 Å². The number of hydrogen-bond acceptors (Lipinski definition) is 6. The molecule has 0 saturated carbocycles. The Hall–Kier alpha value is -2.64. The minimum absolute atomic E-state index is 0.0335. The third kappa shape index (κ3) is 4.61. The average Bonchev–Trinajstić information content (AvgIpc) is 3.40. The van der Waals surface area contributed by atoms with E-state index in [1.165, 1.54) is 11.8 Å². The molecule has 0 atom stereocenters. The van der Waals surface area contributed by atoms with E-state index in [9.17, 15) is 4.79 Å². The molecule has 6 nitrogen and oxygen atoms in total. The van der Waals surface area contributed by atoms with Crippen molar-refractivity contribution in [2.75, 3.05) is 26.2 Å². The first-order valence-electron chi connectivity index (χ1n) is 9.35. The molecule has 3 heterocycles. The molecule has 2 aromatic heterocycles. The lowest BCUT2D eigenvalue weighted by molar-refractivity contribution is 0.0596. The highest BCUT2D eigenvalue weighted by Crippen LogP contribution is 2.18. The smallest absolute Gasteiger partial charge is 0.289 e. The lowest BCUT2D eigenvalue weighted by atomic mass is 10.2. The van der Waals surface area contributed by atoms with Crippen LogP contribution in [-0.4, -0.2) is 46.9 Å². The zero-order valence-corrected chi connectivity index (χ0v) is 16.7. The molecule has 0 aliphatic carbocycles. The summed E-state index contributed by atoms with van der Waals surface area (Å²) < 4.78 is 11.0. The van der Waals surface area contributed by atoms with Gasteiger partial charge in [-0.15, -0.1) is 11.3 Å². The summed E-state index contributed by atoms with van der Waals surface area (Å²) >= 11 is 1.62. The van der Waals surface area contributed by atoms with Crippen LogP contribution in [0.3, 0.4) is 0 Å². The van der Waals surface area contributed by atoms with Gasteiger partial charge in [-0.1, -0.05) is 17.7 Å². The van der Waals surface area contributed by atoms with E-state index in [0.29, 0.717) is 25.5 Å². The quantitative estimate of drug-likeness (QED) is 0.636. The Morgan fingerprint density at radius 3 is 2.68 bits per heavy atom. The van der Waals surface area contributed by atoms with Crippen molar-refractivity contribution in [1.29, 1.82) is 0 Å². The Kier molecular flexibility index (Phi) is 5.73. The van der Waals surface area contributed by atoms with Gasteiger partial charge in [0.2, 0.25) is 0 Å². The SMILES string of the molecule is Cc1ccc(OCc2nc(CN3CCN(C(=O)c4ccco4)CC3)cs2)cc1. The minimum atomic E-state index is -0.0335. The van der Waals surface area contributed by atoms with Crippen molar-refractivity contribution in [2.24, 2.45) is 0 Å². The number of amides is 1. The predicted molar refractivity (Wildman–Crippen MR) is 108 cm³/mol. The van der Waals surface area contributed by atoms with Gasteiger partial charge >= 0.3 is 0 Å². The second kappa shape index (κ2) is 8.58. The molecule has 1 aliphatic rings. The van der Waals surface area contributed by atoms with Gasteiger partial charge in [0, 0.05) is 38.1 Å². The van der Waals surface area contributed by atoms with Gasteiger partial charge in [-0.05, 0) is 31.2 Å². The van der Waals surface area contributed by atoms with Crippen molar-refractivity contribution in [3.05, 3.63) is 70.1 Å². The largest absolute Gasteiger partial charge is 0.486 e. The Balaban J connectivity index is 1.24. The van der Waals surface area contributed by atoms with Crippen LogP contribution in [0.5, 0.6) is 5.75 Å². The summed E-state index contributed by atoms with van der Waals surface area (Å²) in [6, 6.07) is 11.5. The molecule has 0 radical (unpaired) electrons. The monoisotopic (exact) mass is 397 g/mol. The summed E-state index contributed by atoms with van der Waals surface area (Å²) in [4.78, 5) is 21.2. The van der Waals surface area contributed by atoms with Gasteiger partial charge in [0.1, 0.15) is 17.4 Å². The van der Waals surface area contributed by atoms with E-state index in [-0.39, 0.29) is 5.91 Å². The second-order valence-corrected chi connectivity index (χ2v) is 7.82. The summed E-state index contributed by atoms with van der Waals surface area (Å²) in [6.45, 7) is 6.41. The fraction of sp³-hybridized carbons (Fsp3) is 0.333. The van der Waals surface area contributed by atoms with Crippen LogP contribution < -0.4 is 4.74 Å². The molecule has 1 aliphatic heterocycles. The zero-order valence-electron chi connectivity index (χ0n) is 15.8. The van der Waals surface area contributed by atoms with E-state index < -0.39 is 0 Å². The molecule has 146 valence electrons. The van der Waals surface area contributed by atoms with Gasteiger partial charge in [-0.2, -0.15) is 0 Å². The van der Waals surface area contributed by atoms with Crippen molar-refractivity contribution in [3.63, 3.8) is 0 Å².